The van der Waals surface area contributed by atoms with E-state index in [9.17, 15) is 9.90 Å². The molecule has 1 saturated carbocycles. The Morgan fingerprint density at radius 2 is 2.27 bits per heavy atom. The SMILES string of the molecule is CN1CCOC(CN(CC2CC2)C(=O)c2cncc(O)c2)C1. The zero-order valence-electron chi connectivity index (χ0n) is 12.9. The van der Waals surface area contributed by atoms with Gasteiger partial charge in [-0.2, -0.15) is 0 Å². The van der Waals surface area contributed by atoms with Gasteiger partial charge in [0, 0.05) is 32.4 Å². The van der Waals surface area contributed by atoms with Gasteiger partial charge in [-0.15, -0.1) is 0 Å². The number of hydrogen-bond acceptors (Lipinski definition) is 5. The van der Waals surface area contributed by atoms with Gasteiger partial charge in [0.2, 0.25) is 0 Å². The topological polar surface area (TPSA) is 65.9 Å². The van der Waals surface area contributed by atoms with Crippen LogP contribution in [0.3, 0.4) is 0 Å². The first-order chi connectivity index (χ1) is 10.6. The summed E-state index contributed by atoms with van der Waals surface area (Å²) in [4.78, 5) is 20.7. The smallest absolute Gasteiger partial charge is 0.255 e. The maximum Gasteiger partial charge on any atom is 0.255 e. The summed E-state index contributed by atoms with van der Waals surface area (Å²) in [5, 5.41) is 9.53. The molecular weight excluding hydrogens is 282 g/mol. The second-order valence-corrected chi connectivity index (χ2v) is 6.34. The third-order valence-electron chi connectivity index (χ3n) is 4.20. The lowest BCUT2D eigenvalue weighted by Gasteiger charge is -2.34. The van der Waals surface area contributed by atoms with E-state index in [-0.39, 0.29) is 17.8 Å². The lowest BCUT2D eigenvalue weighted by Crippen LogP contribution is -2.48. The Balaban J connectivity index is 1.69. The van der Waals surface area contributed by atoms with Gasteiger partial charge >= 0.3 is 0 Å². The largest absolute Gasteiger partial charge is 0.506 e. The van der Waals surface area contributed by atoms with Crippen molar-refractivity contribution in [3.63, 3.8) is 0 Å². The van der Waals surface area contributed by atoms with Crippen LogP contribution in [0.4, 0.5) is 0 Å². The summed E-state index contributed by atoms with van der Waals surface area (Å²) < 4.78 is 5.79. The molecule has 1 amide bonds. The van der Waals surface area contributed by atoms with Crippen LogP contribution in [0.1, 0.15) is 23.2 Å². The van der Waals surface area contributed by atoms with Crippen LogP contribution < -0.4 is 0 Å². The van der Waals surface area contributed by atoms with Crippen molar-refractivity contribution in [3.8, 4) is 5.75 Å². The summed E-state index contributed by atoms with van der Waals surface area (Å²) in [5.74, 6) is 0.550. The Bertz CT molecular complexity index is 533. The van der Waals surface area contributed by atoms with Gasteiger partial charge in [-0.1, -0.05) is 0 Å². The molecule has 2 fully saturated rings. The summed E-state index contributed by atoms with van der Waals surface area (Å²) in [5.41, 5.74) is 0.435. The van der Waals surface area contributed by atoms with Crippen molar-refractivity contribution in [3.05, 3.63) is 24.0 Å². The highest BCUT2D eigenvalue weighted by Crippen LogP contribution is 2.30. The minimum Gasteiger partial charge on any atom is -0.506 e. The molecule has 6 nitrogen and oxygen atoms in total. The van der Waals surface area contributed by atoms with Gasteiger partial charge in [0.05, 0.1) is 24.5 Å². The van der Waals surface area contributed by atoms with Gasteiger partial charge in [-0.3, -0.25) is 9.78 Å². The second-order valence-electron chi connectivity index (χ2n) is 6.34. The first kappa shape index (κ1) is 15.2. The molecule has 1 atom stereocenters. The van der Waals surface area contributed by atoms with Gasteiger partial charge in [-0.05, 0) is 31.9 Å². The van der Waals surface area contributed by atoms with Crippen LogP contribution in [-0.4, -0.2) is 71.7 Å². The molecule has 0 bridgehead atoms. The van der Waals surface area contributed by atoms with Crippen LogP contribution in [0.5, 0.6) is 5.75 Å². The predicted octanol–water partition coefficient (Wildman–Crippen LogP) is 0.970. The van der Waals surface area contributed by atoms with E-state index >= 15 is 0 Å². The number of hydrogen-bond donors (Lipinski definition) is 1. The maximum atomic E-state index is 12.7. The number of aromatic nitrogens is 1. The number of nitrogens with zero attached hydrogens (tertiary/aromatic N) is 3. The molecular formula is C16H23N3O3. The van der Waals surface area contributed by atoms with Gasteiger partial charge in [-0.25, -0.2) is 0 Å². The standard InChI is InChI=1S/C16H23N3O3/c1-18-4-5-22-15(10-18)11-19(9-12-2-3-12)16(21)13-6-14(20)8-17-7-13/h6-8,12,15,20H,2-5,9-11H2,1H3. The normalized spacial score (nSPS) is 22.5. The molecule has 0 spiro atoms. The summed E-state index contributed by atoms with van der Waals surface area (Å²) in [6, 6.07) is 1.48. The fourth-order valence-electron chi connectivity index (χ4n) is 2.80. The molecule has 1 aliphatic heterocycles. The molecule has 1 saturated heterocycles. The third-order valence-corrected chi connectivity index (χ3v) is 4.20. The first-order valence-corrected chi connectivity index (χ1v) is 7.85. The zero-order chi connectivity index (χ0) is 15.5. The lowest BCUT2D eigenvalue weighted by molar-refractivity contribution is -0.0331. The number of carbonyl (C=O) groups is 1. The Morgan fingerprint density at radius 3 is 2.95 bits per heavy atom. The zero-order valence-corrected chi connectivity index (χ0v) is 12.9. The molecule has 120 valence electrons. The van der Waals surface area contributed by atoms with E-state index in [1.165, 1.54) is 31.3 Å². The van der Waals surface area contributed by atoms with Crippen molar-refractivity contribution < 1.29 is 14.6 Å². The van der Waals surface area contributed by atoms with Crippen molar-refractivity contribution in [2.75, 3.05) is 39.8 Å². The first-order valence-electron chi connectivity index (χ1n) is 7.85. The number of morpholine rings is 1. The van der Waals surface area contributed by atoms with Gasteiger partial charge < -0.3 is 19.6 Å². The number of carbonyl (C=O) groups excluding carboxylic acids is 1. The monoisotopic (exact) mass is 305 g/mol. The highest BCUT2D eigenvalue weighted by molar-refractivity contribution is 5.94. The van der Waals surface area contributed by atoms with Crippen LogP contribution >= 0.6 is 0 Å². The van der Waals surface area contributed by atoms with Crippen molar-refractivity contribution in [2.24, 2.45) is 5.92 Å². The summed E-state index contributed by atoms with van der Waals surface area (Å²) in [6.07, 6.45) is 5.27. The van der Waals surface area contributed by atoms with E-state index < -0.39 is 0 Å². The quantitative estimate of drug-likeness (QED) is 0.878. The summed E-state index contributed by atoms with van der Waals surface area (Å²) in [7, 11) is 2.07. The summed E-state index contributed by atoms with van der Waals surface area (Å²) in [6.45, 7) is 3.84. The maximum absolute atomic E-state index is 12.7. The molecule has 0 aromatic carbocycles. The predicted molar refractivity (Wildman–Crippen MR) is 81.8 cm³/mol. The van der Waals surface area contributed by atoms with Crippen LogP contribution in [0.25, 0.3) is 0 Å². The Labute approximate surface area is 130 Å². The second kappa shape index (κ2) is 6.62. The summed E-state index contributed by atoms with van der Waals surface area (Å²) >= 11 is 0. The van der Waals surface area contributed by atoms with E-state index in [0.29, 0.717) is 24.6 Å². The van der Waals surface area contributed by atoms with Crippen molar-refractivity contribution in [1.29, 1.82) is 0 Å². The van der Waals surface area contributed by atoms with Crippen LogP contribution in [0.15, 0.2) is 18.5 Å². The van der Waals surface area contributed by atoms with Crippen LogP contribution in [-0.2, 0) is 4.74 Å². The number of rotatable bonds is 5. The Kier molecular flexibility index (Phi) is 4.59. The van der Waals surface area contributed by atoms with Crippen molar-refractivity contribution in [1.82, 2.24) is 14.8 Å². The average molecular weight is 305 g/mol. The average Bonchev–Trinajstić information content (AvgIpc) is 3.30. The highest BCUT2D eigenvalue weighted by Gasteiger charge is 2.30. The van der Waals surface area contributed by atoms with Crippen LogP contribution in [0.2, 0.25) is 0 Å². The number of ether oxygens (including phenoxy) is 1. The van der Waals surface area contributed by atoms with E-state index in [2.05, 4.69) is 16.9 Å². The number of aromatic hydroxyl groups is 1. The molecule has 2 aliphatic rings. The molecule has 22 heavy (non-hydrogen) atoms. The number of amides is 1. The van der Waals surface area contributed by atoms with E-state index in [1.54, 1.807) is 0 Å². The molecule has 2 heterocycles. The number of pyridine rings is 1. The third kappa shape index (κ3) is 3.96. The van der Waals surface area contributed by atoms with E-state index in [0.717, 1.165) is 19.6 Å². The van der Waals surface area contributed by atoms with E-state index in [4.69, 9.17) is 4.74 Å². The Hall–Kier alpha value is -1.66. The minimum absolute atomic E-state index is 0.0193. The minimum atomic E-state index is -0.0767. The van der Waals surface area contributed by atoms with Crippen molar-refractivity contribution in [2.45, 2.75) is 18.9 Å². The highest BCUT2D eigenvalue weighted by atomic mass is 16.5. The van der Waals surface area contributed by atoms with Gasteiger partial charge in [0.1, 0.15) is 5.75 Å². The fourth-order valence-corrected chi connectivity index (χ4v) is 2.80. The fraction of sp³-hybridized carbons (Fsp3) is 0.625. The van der Waals surface area contributed by atoms with Crippen LogP contribution in [0, 0.1) is 5.92 Å². The molecule has 1 aliphatic carbocycles. The Morgan fingerprint density at radius 1 is 1.45 bits per heavy atom. The molecule has 1 aromatic rings. The molecule has 1 aromatic heterocycles. The van der Waals surface area contributed by atoms with Gasteiger partial charge in [0.15, 0.2) is 0 Å². The molecule has 1 N–H and O–H groups in total. The van der Waals surface area contributed by atoms with Crippen molar-refractivity contribution >= 4 is 5.91 Å². The lowest BCUT2D eigenvalue weighted by atomic mass is 10.2. The molecule has 3 rings (SSSR count). The van der Waals surface area contributed by atoms with E-state index in [1.807, 2.05) is 4.90 Å². The van der Waals surface area contributed by atoms with Gasteiger partial charge in [0.25, 0.3) is 5.91 Å². The molecule has 0 radical (unpaired) electrons. The number of likely N-dealkylation sites (N-methyl/N-ethyl adjacent to an activating group) is 1. The molecule has 6 heteroatoms. The molecule has 1 unspecified atom stereocenters.